The minimum absolute atomic E-state index is 0.0479. The second-order valence-electron chi connectivity index (χ2n) is 6.40. The number of aryl methyl sites for hydroxylation is 2. The van der Waals surface area contributed by atoms with Gasteiger partial charge in [0.2, 0.25) is 0 Å². The van der Waals surface area contributed by atoms with E-state index in [1.165, 1.54) is 0 Å². The first-order valence-electron chi connectivity index (χ1n) is 7.73. The monoisotopic (exact) mass is 297 g/mol. The van der Waals surface area contributed by atoms with E-state index in [9.17, 15) is 0 Å². The molecule has 2 heterocycles. The van der Waals surface area contributed by atoms with Crippen molar-refractivity contribution in [3.05, 3.63) is 35.4 Å². The van der Waals surface area contributed by atoms with Crippen molar-refractivity contribution >= 4 is 11.0 Å². The lowest BCUT2D eigenvalue weighted by molar-refractivity contribution is 0.496. The predicted octanol–water partition coefficient (Wildman–Crippen LogP) is 3.62. The van der Waals surface area contributed by atoms with Gasteiger partial charge in [0, 0.05) is 11.3 Å². The minimum Gasteiger partial charge on any atom is -0.341 e. The minimum atomic E-state index is -0.0479. The molecule has 116 valence electrons. The second kappa shape index (κ2) is 5.57. The van der Waals surface area contributed by atoms with E-state index in [2.05, 4.69) is 46.1 Å². The highest BCUT2D eigenvalue weighted by Gasteiger charge is 2.14. The van der Waals surface area contributed by atoms with E-state index in [0.717, 1.165) is 45.8 Å². The summed E-state index contributed by atoms with van der Waals surface area (Å²) >= 11 is 0. The number of aromatic amines is 2. The van der Waals surface area contributed by atoms with Gasteiger partial charge in [-0.25, -0.2) is 4.98 Å². The summed E-state index contributed by atoms with van der Waals surface area (Å²) < 4.78 is 0. The summed E-state index contributed by atoms with van der Waals surface area (Å²) in [5, 5.41) is 7.30. The Morgan fingerprint density at radius 2 is 2.00 bits per heavy atom. The maximum atomic E-state index is 6.23. The molecule has 5 nitrogen and oxygen atoms in total. The summed E-state index contributed by atoms with van der Waals surface area (Å²) in [6.07, 6.45) is 0.923. The molecule has 3 rings (SSSR count). The van der Waals surface area contributed by atoms with Crippen LogP contribution in [0.5, 0.6) is 0 Å². The molecule has 0 aliphatic heterocycles. The first kappa shape index (κ1) is 14.8. The predicted molar refractivity (Wildman–Crippen MR) is 89.5 cm³/mol. The average molecular weight is 297 g/mol. The van der Waals surface area contributed by atoms with Crippen LogP contribution in [0, 0.1) is 19.8 Å². The molecule has 0 saturated carbocycles. The van der Waals surface area contributed by atoms with Crippen LogP contribution in [-0.4, -0.2) is 20.2 Å². The molecule has 3 aromatic rings. The van der Waals surface area contributed by atoms with E-state index in [4.69, 9.17) is 5.73 Å². The summed E-state index contributed by atoms with van der Waals surface area (Å²) in [5.41, 5.74) is 12.6. The van der Waals surface area contributed by atoms with Crippen molar-refractivity contribution in [2.75, 3.05) is 0 Å². The van der Waals surface area contributed by atoms with Gasteiger partial charge in [-0.1, -0.05) is 19.9 Å². The summed E-state index contributed by atoms with van der Waals surface area (Å²) in [4.78, 5) is 8.00. The van der Waals surface area contributed by atoms with Crippen molar-refractivity contribution < 1.29 is 0 Å². The highest BCUT2D eigenvalue weighted by Crippen LogP contribution is 2.28. The number of fused-ring (bicyclic) bond motifs is 1. The lowest BCUT2D eigenvalue weighted by Gasteiger charge is -2.10. The van der Waals surface area contributed by atoms with Crippen molar-refractivity contribution in [3.8, 4) is 11.1 Å². The van der Waals surface area contributed by atoms with Crippen LogP contribution in [0.2, 0.25) is 0 Å². The number of nitrogens with zero attached hydrogens (tertiary/aromatic N) is 2. The van der Waals surface area contributed by atoms with E-state index >= 15 is 0 Å². The van der Waals surface area contributed by atoms with Gasteiger partial charge in [-0.15, -0.1) is 0 Å². The Hall–Kier alpha value is -2.14. The van der Waals surface area contributed by atoms with Crippen molar-refractivity contribution in [1.29, 1.82) is 0 Å². The zero-order valence-electron chi connectivity index (χ0n) is 13.6. The molecule has 22 heavy (non-hydrogen) atoms. The number of nitrogens with two attached hydrogens (primary N) is 1. The maximum Gasteiger partial charge on any atom is 0.124 e. The Morgan fingerprint density at radius 1 is 1.23 bits per heavy atom. The van der Waals surface area contributed by atoms with Crippen molar-refractivity contribution in [2.24, 2.45) is 11.7 Å². The van der Waals surface area contributed by atoms with Crippen LogP contribution in [-0.2, 0) is 0 Å². The van der Waals surface area contributed by atoms with Crippen LogP contribution in [0.3, 0.4) is 0 Å². The molecule has 1 unspecified atom stereocenters. The molecule has 1 aromatic carbocycles. The Morgan fingerprint density at radius 3 is 2.64 bits per heavy atom. The Balaban J connectivity index is 2.00. The molecule has 0 bridgehead atoms. The van der Waals surface area contributed by atoms with Crippen LogP contribution in [0.25, 0.3) is 22.2 Å². The molecule has 5 heteroatoms. The Labute approximate surface area is 130 Å². The van der Waals surface area contributed by atoms with Crippen LogP contribution in [0.1, 0.15) is 43.5 Å². The van der Waals surface area contributed by atoms with Crippen LogP contribution in [0.15, 0.2) is 18.2 Å². The molecule has 0 saturated heterocycles. The lowest BCUT2D eigenvalue weighted by atomic mass is 10.0. The largest absolute Gasteiger partial charge is 0.341 e. The van der Waals surface area contributed by atoms with Gasteiger partial charge in [0.15, 0.2) is 0 Å². The molecule has 0 aliphatic rings. The number of hydrogen-bond acceptors (Lipinski definition) is 3. The van der Waals surface area contributed by atoms with Crippen molar-refractivity contribution in [2.45, 2.75) is 40.2 Å². The molecule has 0 fully saturated rings. The number of imidazole rings is 1. The number of nitrogens with one attached hydrogen (secondary N) is 2. The van der Waals surface area contributed by atoms with Crippen molar-refractivity contribution in [3.63, 3.8) is 0 Å². The molecular weight excluding hydrogens is 274 g/mol. The number of aromatic nitrogens is 4. The number of hydrogen-bond donors (Lipinski definition) is 3. The summed E-state index contributed by atoms with van der Waals surface area (Å²) in [6, 6.07) is 6.21. The van der Waals surface area contributed by atoms with Gasteiger partial charge < -0.3 is 10.7 Å². The number of H-pyrrole nitrogens is 2. The van der Waals surface area contributed by atoms with Gasteiger partial charge in [0.05, 0.1) is 22.8 Å². The third kappa shape index (κ3) is 2.64. The zero-order chi connectivity index (χ0) is 15.9. The van der Waals surface area contributed by atoms with E-state index in [0.29, 0.717) is 5.92 Å². The average Bonchev–Trinajstić information content (AvgIpc) is 3.01. The quantitative estimate of drug-likeness (QED) is 0.687. The van der Waals surface area contributed by atoms with Gasteiger partial charge in [-0.2, -0.15) is 5.10 Å². The molecule has 1 atom stereocenters. The smallest absolute Gasteiger partial charge is 0.124 e. The number of benzene rings is 1. The third-order valence-electron chi connectivity index (χ3n) is 3.99. The Bertz CT molecular complexity index is 777. The molecule has 0 aliphatic carbocycles. The highest BCUT2D eigenvalue weighted by molar-refractivity contribution is 5.83. The van der Waals surface area contributed by atoms with E-state index in [-0.39, 0.29) is 6.04 Å². The fourth-order valence-corrected chi connectivity index (χ4v) is 2.96. The topological polar surface area (TPSA) is 83.4 Å². The van der Waals surface area contributed by atoms with Gasteiger partial charge >= 0.3 is 0 Å². The molecule has 0 radical (unpaired) electrons. The molecule has 0 amide bonds. The van der Waals surface area contributed by atoms with Crippen LogP contribution < -0.4 is 5.73 Å². The fourth-order valence-electron chi connectivity index (χ4n) is 2.96. The second-order valence-corrected chi connectivity index (χ2v) is 6.40. The normalized spacial score (nSPS) is 13.2. The SMILES string of the molecule is Cc1n[nH]c(C)c1-c1ccc2nc(C(N)CC(C)C)[nH]c2c1. The summed E-state index contributed by atoms with van der Waals surface area (Å²) in [6.45, 7) is 8.40. The van der Waals surface area contributed by atoms with E-state index in [1.807, 2.05) is 19.9 Å². The number of rotatable bonds is 4. The van der Waals surface area contributed by atoms with Gasteiger partial charge in [-0.3, -0.25) is 5.10 Å². The van der Waals surface area contributed by atoms with Gasteiger partial charge in [-0.05, 0) is 43.9 Å². The van der Waals surface area contributed by atoms with Crippen LogP contribution in [0.4, 0.5) is 0 Å². The molecule has 0 spiro atoms. The van der Waals surface area contributed by atoms with E-state index in [1.54, 1.807) is 0 Å². The molecule has 2 aromatic heterocycles. The highest BCUT2D eigenvalue weighted by atomic mass is 15.1. The fraction of sp³-hybridized carbons (Fsp3) is 0.412. The van der Waals surface area contributed by atoms with Gasteiger partial charge in [0.1, 0.15) is 5.82 Å². The standard InChI is InChI=1S/C17H23N5/c1-9(2)7-13(18)17-19-14-6-5-12(8-15(14)20-17)16-10(3)21-22-11(16)4/h5-6,8-9,13H,7,18H2,1-4H3,(H,19,20)(H,21,22). The summed E-state index contributed by atoms with van der Waals surface area (Å²) in [5.74, 6) is 1.41. The van der Waals surface area contributed by atoms with Crippen molar-refractivity contribution in [1.82, 2.24) is 20.2 Å². The van der Waals surface area contributed by atoms with E-state index < -0.39 is 0 Å². The third-order valence-corrected chi connectivity index (χ3v) is 3.99. The molecular formula is C17H23N5. The molecule has 4 N–H and O–H groups in total. The Kier molecular flexibility index (Phi) is 3.74. The summed E-state index contributed by atoms with van der Waals surface area (Å²) in [7, 11) is 0. The maximum absolute atomic E-state index is 6.23. The first-order chi connectivity index (χ1) is 10.5. The van der Waals surface area contributed by atoms with Gasteiger partial charge in [0.25, 0.3) is 0 Å². The first-order valence-corrected chi connectivity index (χ1v) is 7.73. The zero-order valence-corrected chi connectivity index (χ0v) is 13.6. The van der Waals surface area contributed by atoms with Crippen LogP contribution >= 0.6 is 0 Å². The lowest BCUT2D eigenvalue weighted by Crippen LogP contribution is -2.14.